The fourth-order valence-electron chi connectivity index (χ4n) is 2.08. The predicted octanol–water partition coefficient (Wildman–Crippen LogP) is 4.23. The fourth-order valence-corrected chi connectivity index (χ4v) is 6.32. The van der Waals surface area contributed by atoms with Crippen LogP contribution in [0.3, 0.4) is 0 Å². The summed E-state index contributed by atoms with van der Waals surface area (Å²) in [6.45, 7) is 0. The van der Waals surface area contributed by atoms with Crippen LogP contribution in [0, 0.1) is 0 Å². The molecule has 1 heteroatoms. The molecule has 0 bridgehead atoms. The van der Waals surface area contributed by atoms with Crippen molar-refractivity contribution in [3.63, 3.8) is 0 Å². The average Bonchev–Trinajstić information content (AvgIpc) is 2.04. The zero-order valence-corrected chi connectivity index (χ0v) is 9.47. The molecule has 1 saturated carbocycles. The Bertz CT molecular complexity index is 114. The Hall–Kier alpha value is 0.714. The van der Waals surface area contributed by atoms with Gasteiger partial charge in [0.05, 0.1) is 0 Å². The Labute approximate surface area is 66.3 Å². The molecule has 0 aromatic heterocycles. The number of hydrogen-bond acceptors (Lipinski definition) is 0. The number of hydrogen-bond donors (Lipinski definition) is 0. The molecule has 1 fully saturated rings. The van der Waals surface area contributed by atoms with E-state index in [0.29, 0.717) is 0 Å². The molecule has 0 spiro atoms. The summed E-state index contributed by atoms with van der Waals surface area (Å²) in [7, 11) is 0. The Balaban J connectivity index is 2.63. The molecule has 0 amide bonds. The van der Waals surface area contributed by atoms with E-state index in [2.05, 4.69) is 20.9 Å². The van der Waals surface area contributed by atoms with Crippen LogP contribution < -0.4 is 0 Å². The van der Waals surface area contributed by atoms with E-state index in [0.717, 1.165) is 4.22 Å². The Kier molecular flexibility index (Phi) is 2.07. The molecule has 1 aliphatic carbocycles. The first-order valence-electron chi connectivity index (χ1n) is 4.61. The second-order valence-corrected chi connectivity index (χ2v) is 20.4. The second-order valence-electron chi connectivity index (χ2n) is 6.14. The zero-order chi connectivity index (χ0) is 7.85. The molecule has 0 atom stereocenters. The van der Waals surface area contributed by atoms with Crippen LogP contribution in [0.4, 0.5) is 0 Å². The van der Waals surface area contributed by atoms with Crippen molar-refractivity contribution in [1.29, 1.82) is 0 Å². The van der Waals surface area contributed by atoms with Crippen LogP contribution in [0.5, 0.6) is 0 Å². The van der Waals surface area contributed by atoms with Crippen molar-refractivity contribution in [2.45, 2.75) is 50.8 Å². The first-order chi connectivity index (χ1) is 4.36. The minimum atomic E-state index is -1.82. The van der Waals surface area contributed by atoms with Crippen LogP contribution in [0.25, 0.3) is 0 Å². The predicted molar refractivity (Wildman–Crippen MR) is 45.7 cm³/mol. The molecule has 0 aromatic rings. The van der Waals surface area contributed by atoms with Crippen molar-refractivity contribution in [3.8, 4) is 0 Å². The van der Waals surface area contributed by atoms with Gasteiger partial charge in [0.1, 0.15) is 0 Å². The van der Waals surface area contributed by atoms with E-state index in [1.54, 1.807) is 0 Å². The summed E-state index contributed by atoms with van der Waals surface area (Å²) in [5, 5.41) is 10.3. The van der Waals surface area contributed by atoms with Gasteiger partial charge < -0.3 is 0 Å². The van der Waals surface area contributed by atoms with E-state index in [-0.39, 0.29) is 0 Å². The number of rotatable bonds is 1. The summed E-state index contributed by atoms with van der Waals surface area (Å²) in [6.07, 6.45) is 6.09. The van der Waals surface area contributed by atoms with E-state index in [1.807, 2.05) is 0 Å². The molecule has 0 N–H and O–H groups in total. The summed E-state index contributed by atoms with van der Waals surface area (Å²) in [5.41, 5.74) is 0. The van der Waals surface area contributed by atoms with Gasteiger partial charge in [-0.3, -0.25) is 0 Å². The molecule has 0 aliphatic heterocycles. The third-order valence-electron chi connectivity index (χ3n) is 2.99. The van der Waals surface area contributed by atoms with Crippen molar-refractivity contribution in [2.24, 2.45) is 0 Å². The van der Waals surface area contributed by atoms with Gasteiger partial charge in [0.25, 0.3) is 0 Å². The van der Waals surface area contributed by atoms with Gasteiger partial charge in [-0.05, 0) is 0 Å². The van der Waals surface area contributed by atoms with Crippen molar-refractivity contribution in [1.82, 2.24) is 0 Å². The molecular formula is C9H21Ti. The summed E-state index contributed by atoms with van der Waals surface area (Å²) >= 11 is -1.82. The monoisotopic (exact) mass is 177 g/mol. The molecule has 0 unspecified atom stereocenters. The fraction of sp³-hybridized carbons (Fsp3) is 1.00. The van der Waals surface area contributed by atoms with Gasteiger partial charge in [0.2, 0.25) is 0 Å². The van der Waals surface area contributed by atoms with Crippen LogP contribution in [0.2, 0.25) is 25.1 Å². The molecule has 1 rings (SSSR count). The first-order valence-corrected chi connectivity index (χ1v) is 11.8. The molecule has 10 heavy (non-hydrogen) atoms. The summed E-state index contributed by atoms with van der Waals surface area (Å²) in [4.78, 5) is 0. The van der Waals surface area contributed by atoms with Gasteiger partial charge >= 0.3 is 66.1 Å². The quantitative estimate of drug-likeness (QED) is 0.525. The third-order valence-corrected chi connectivity index (χ3v) is 8.99. The molecule has 0 radical (unpaired) electrons. The van der Waals surface area contributed by atoms with Gasteiger partial charge in [-0.15, -0.1) is 0 Å². The molecule has 61 valence electrons. The topological polar surface area (TPSA) is 0 Å². The molecule has 1 aliphatic rings. The summed E-state index contributed by atoms with van der Waals surface area (Å²) in [6, 6.07) is 0. The normalized spacial score (nSPS) is 26.2. The maximum atomic E-state index is 2.58. The van der Waals surface area contributed by atoms with Crippen LogP contribution in [-0.4, -0.2) is 0 Å². The minimum absolute atomic E-state index is 1.15. The van der Waals surface area contributed by atoms with Gasteiger partial charge in [-0.25, -0.2) is 0 Å². The van der Waals surface area contributed by atoms with Crippen molar-refractivity contribution >= 4 is 0 Å². The van der Waals surface area contributed by atoms with Gasteiger partial charge in [0.15, 0.2) is 0 Å². The third kappa shape index (κ3) is 2.10. The zero-order valence-electron chi connectivity index (χ0n) is 7.91. The summed E-state index contributed by atoms with van der Waals surface area (Å²) in [5.74, 6) is 0. The second kappa shape index (κ2) is 2.35. The van der Waals surface area contributed by atoms with E-state index in [1.165, 1.54) is 25.7 Å². The Morgan fingerprint density at radius 2 is 1.30 bits per heavy atom. The van der Waals surface area contributed by atoms with Crippen LogP contribution in [0.1, 0.15) is 25.7 Å². The van der Waals surface area contributed by atoms with E-state index < -0.39 is 15.3 Å². The van der Waals surface area contributed by atoms with Gasteiger partial charge in [0, 0.05) is 0 Å². The molecule has 0 aromatic carbocycles. The van der Waals surface area contributed by atoms with E-state index in [9.17, 15) is 0 Å². The van der Waals surface area contributed by atoms with Gasteiger partial charge in [-0.2, -0.15) is 0 Å². The molecular weight excluding hydrogens is 156 g/mol. The van der Waals surface area contributed by atoms with E-state index in [4.69, 9.17) is 0 Å². The van der Waals surface area contributed by atoms with E-state index >= 15 is 0 Å². The standard InChI is InChI=1S/C5H9.4CH3.Ti/c1-2-4-5-3-1;;;;;/h1H,2-5H2;4*1H3;. The SMILES string of the molecule is [CH3][Ti]([CH3])([CH3])([CH3])[CH]1CCCC1. The molecule has 0 saturated heterocycles. The van der Waals surface area contributed by atoms with Crippen molar-refractivity contribution in [3.05, 3.63) is 0 Å². The molecule has 0 heterocycles. The van der Waals surface area contributed by atoms with Gasteiger partial charge in [-0.1, -0.05) is 0 Å². The Morgan fingerprint density at radius 3 is 1.50 bits per heavy atom. The van der Waals surface area contributed by atoms with Crippen molar-refractivity contribution in [2.75, 3.05) is 0 Å². The van der Waals surface area contributed by atoms with Crippen LogP contribution >= 0.6 is 0 Å². The maximum absolute atomic E-state index is 2.58. The average molecular weight is 177 g/mol. The summed E-state index contributed by atoms with van der Waals surface area (Å²) < 4.78 is 1.15. The molecule has 0 nitrogen and oxygen atoms in total. The van der Waals surface area contributed by atoms with Crippen LogP contribution in [0.15, 0.2) is 0 Å². The van der Waals surface area contributed by atoms with Crippen molar-refractivity contribution < 1.29 is 15.3 Å². The Morgan fingerprint density at radius 1 is 0.900 bits per heavy atom. The first kappa shape index (κ1) is 8.81. The van der Waals surface area contributed by atoms with Crippen LogP contribution in [-0.2, 0) is 15.3 Å².